The van der Waals surface area contributed by atoms with E-state index in [1.165, 1.54) is 32.1 Å². The molecule has 0 aromatic heterocycles. The monoisotopic (exact) mass is 203 g/mol. The Morgan fingerprint density at radius 2 is 1.92 bits per heavy atom. The summed E-state index contributed by atoms with van der Waals surface area (Å²) in [7, 11) is 1.79. The van der Waals surface area contributed by atoms with Crippen LogP contribution in [-0.2, 0) is 0 Å². The van der Waals surface area contributed by atoms with E-state index in [-0.39, 0.29) is 5.37 Å². The van der Waals surface area contributed by atoms with Gasteiger partial charge in [-0.25, -0.2) is 0 Å². The lowest BCUT2D eigenvalue weighted by atomic mass is 9.84. The summed E-state index contributed by atoms with van der Waals surface area (Å²) in [6.07, 6.45) is 6.45. The Bertz CT molecular complexity index is 178. The second-order valence-electron chi connectivity index (χ2n) is 4.00. The molecule has 1 amide bonds. The van der Waals surface area contributed by atoms with Crippen molar-refractivity contribution in [3.8, 4) is 0 Å². The number of halogens is 1. The number of hydrogen-bond donors (Lipinski definition) is 0. The first kappa shape index (κ1) is 10.8. The maximum Gasteiger partial charge on any atom is 0.316 e. The van der Waals surface area contributed by atoms with Crippen LogP contribution in [0.4, 0.5) is 4.79 Å². The summed E-state index contributed by atoms with van der Waals surface area (Å²) in [6.45, 7) is 2.09. The van der Waals surface area contributed by atoms with Gasteiger partial charge >= 0.3 is 5.37 Å². The first-order chi connectivity index (χ1) is 6.13. The van der Waals surface area contributed by atoms with Crippen LogP contribution in [-0.4, -0.2) is 23.4 Å². The van der Waals surface area contributed by atoms with E-state index >= 15 is 0 Å². The number of hydrogen-bond acceptors (Lipinski definition) is 1. The fourth-order valence-corrected chi connectivity index (χ4v) is 2.25. The molecular formula is C10H18ClNO. The van der Waals surface area contributed by atoms with E-state index in [9.17, 15) is 4.79 Å². The zero-order chi connectivity index (χ0) is 9.84. The zero-order valence-corrected chi connectivity index (χ0v) is 9.18. The molecule has 0 heterocycles. The molecule has 0 saturated heterocycles. The summed E-state index contributed by atoms with van der Waals surface area (Å²) < 4.78 is 0. The summed E-state index contributed by atoms with van der Waals surface area (Å²) >= 11 is 5.43. The molecule has 13 heavy (non-hydrogen) atoms. The van der Waals surface area contributed by atoms with Gasteiger partial charge in [0.2, 0.25) is 0 Å². The minimum Gasteiger partial charge on any atom is -0.329 e. The average Bonchev–Trinajstić information content (AvgIpc) is 2.17. The van der Waals surface area contributed by atoms with Crippen molar-refractivity contribution in [3.63, 3.8) is 0 Å². The van der Waals surface area contributed by atoms with Gasteiger partial charge in [-0.3, -0.25) is 4.79 Å². The van der Waals surface area contributed by atoms with E-state index in [2.05, 4.69) is 6.92 Å². The van der Waals surface area contributed by atoms with Crippen LogP contribution in [0.25, 0.3) is 0 Å². The van der Waals surface area contributed by atoms with Crippen LogP contribution >= 0.6 is 11.6 Å². The topological polar surface area (TPSA) is 20.3 Å². The molecule has 1 fully saturated rings. The molecule has 1 rings (SSSR count). The minimum absolute atomic E-state index is 0.297. The van der Waals surface area contributed by atoms with Crippen molar-refractivity contribution in [2.75, 3.05) is 7.05 Å². The smallest absolute Gasteiger partial charge is 0.316 e. The number of amides is 1. The largest absolute Gasteiger partial charge is 0.329 e. The van der Waals surface area contributed by atoms with Gasteiger partial charge in [-0.1, -0.05) is 19.3 Å². The molecule has 1 aliphatic rings. The third kappa shape index (κ3) is 2.87. The Kier molecular flexibility index (Phi) is 4.04. The fraction of sp³-hybridized carbons (Fsp3) is 0.900. The van der Waals surface area contributed by atoms with Crippen LogP contribution in [0.3, 0.4) is 0 Å². The quantitative estimate of drug-likeness (QED) is 0.499. The second kappa shape index (κ2) is 4.85. The summed E-state index contributed by atoms with van der Waals surface area (Å²) in [5.74, 6) is 0.654. The molecule has 0 aromatic rings. The Balaban J connectivity index is 2.44. The Labute approximate surface area is 85.2 Å². The molecule has 0 radical (unpaired) electrons. The standard InChI is InChI=1S/C10H18ClNO/c1-8(12(2)10(11)13)9-6-4-3-5-7-9/h8-9H,3-7H2,1-2H3/t8-/m1/s1. The maximum atomic E-state index is 10.9. The van der Waals surface area contributed by atoms with Gasteiger partial charge in [-0.2, -0.15) is 0 Å². The van der Waals surface area contributed by atoms with Crippen molar-refractivity contribution in [1.29, 1.82) is 0 Å². The maximum absolute atomic E-state index is 10.9. The minimum atomic E-state index is -0.335. The van der Waals surface area contributed by atoms with E-state index in [1.807, 2.05) is 0 Å². The molecule has 2 nitrogen and oxygen atoms in total. The summed E-state index contributed by atoms with van der Waals surface area (Å²) in [5.41, 5.74) is 0. The normalized spacial score (nSPS) is 21.2. The summed E-state index contributed by atoms with van der Waals surface area (Å²) in [4.78, 5) is 12.6. The molecule has 3 heteroatoms. The molecule has 1 atom stereocenters. The number of nitrogens with zero attached hydrogens (tertiary/aromatic N) is 1. The highest BCUT2D eigenvalue weighted by Gasteiger charge is 2.24. The lowest BCUT2D eigenvalue weighted by Crippen LogP contribution is -2.37. The molecular weight excluding hydrogens is 186 g/mol. The van der Waals surface area contributed by atoms with Crippen LogP contribution < -0.4 is 0 Å². The van der Waals surface area contributed by atoms with Crippen molar-refractivity contribution < 1.29 is 4.79 Å². The van der Waals surface area contributed by atoms with Crippen LogP contribution in [0.2, 0.25) is 0 Å². The average molecular weight is 204 g/mol. The molecule has 1 aliphatic carbocycles. The van der Waals surface area contributed by atoms with Gasteiger partial charge < -0.3 is 4.90 Å². The van der Waals surface area contributed by atoms with Crippen LogP contribution in [0.5, 0.6) is 0 Å². The van der Waals surface area contributed by atoms with Crippen molar-refractivity contribution >= 4 is 17.0 Å². The molecule has 1 saturated carbocycles. The van der Waals surface area contributed by atoms with Gasteiger partial charge in [0, 0.05) is 13.1 Å². The Morgan fingerprint density at radius 3 is 2.38 bits per heavy atom. The van der Waals surface area contributed by atoms with Crippen molar-refractivity contribution in [2.45, 2.75) is 45.1 Å². The van der Waals surface area contributed by atoms with Crippen LogP contribution in [0.1, 0.15) is 39.0 Å². The highest BCUT2D eigenvalue weighted by Crippen LogP contribution is 2.28. The van der Waals surface area contributed by atoms with Crippen molar-refractivity contribution in [3.05, 3.63) is 0 Å². The van der Waals surface area contributed by atoms with E-state index < -0.39 is 0 Å². The number of rotatable bonds is 2. The van der Waals surface area contributed by atoms with Crippen molar-refractivity contribution in [2.24, 2.45) is 5.92 Å². The fourth-order valence-electron chi connectivity index (χ4n) is 2.09. The van der Waals surface area contributed by atoms with Crippen LogP contribution in [0, 0.1) is 5.92 Å². The number of carbonyl (C=O) groups excluding carboxylic acids is 1. The van der Waals surface area contributed by atoms with E-state index in [0.717, 1.165) is 0 Å². The summed E-state index contributed by atoms with van der Waals surface area (Å²) in [5, 5.41) is -0.335. The lowest BCUT2D eigenvalue weighted by molar-refractivity contribution is 0.174. The zero-order valence-electron chi connectivity index (χ0n) is 8.42. The van der Waals surface area contributed by atoms with Gasteiger partial charge in [0.25, 0.3) is 0 Å². The predicted octanol–water partition coefficient (Wildman–Crippen LogP) is 3.25. The lowest BCUT2D eigenvalue weighted by Gasteiger charge is -2.32. The van der Waals surface area contributed by atoms with Gasteiger partial charge in [-0.05, 0) is 37.3 Å². The highest BCUT2D eigenvalue weighted by molar-refractivity contribution is 6.62. The third-order valence-electron chi connectivity index (χ3n) is 3.22. The predicted molar refractivity (Wildman–Crippen MR) is 55.0 cm³/mol. The van der Waals surface area contributed by atoms with E-state index in [4.69, 9.17) is 11.6 Å². The van der Waals surface area contributed by atoms with Gasteiger partial charge in [0.1, 0.15) is 0 Å². The Morgan fingerprint density at radius 1 is 1.38 bits per heavy atom. The third-order valence-corrected chi connectivity index (χ3v) is 3.49. The molecule has 0 aliphatic heterocycles. The van der Waals surface area contributed by atoms with Gasteiger partial charge in [0.05, 0.1) is 0 Å². The Hall–Kier alpha value is -0.240. The number of carbonyl (C=O) groups is 1. The first-order valence-electron chi connectivity index (χ1n) is 5.05. The second-order valence-corrected chi connectivity index (χ2v) is 4.33. The van der Waals surface area contributed by atoms with E-state index in [1.54, 1.807) is 11.9 Å². The van der Waals surface area contributed by atoms with Crippen LogP contribution in [0.15, 0.2) is 0 Å². The van der Waals surface area contributed by atoms with Gasteiger partial charge in [-0.15, -0.1) is 0 Å². The first-order valence-corrected chi connectivity index (χ1v) is 5.43. The molecule has 0 N–H and O–H groups in total. The van der Waals surface area contributed by atoms with Gasteiger partial charge in [0.15, 0.2) is 0 Å². The molecule has 0 unspecified atom stereocenters. The van der Waals surface area contributed by atoms with E-state index in [0.29, 0.717) is 12.0 Å². The molecule has 0 bridgehead atoms. The SMILES string of the molecule is C[C@H](C1CCCCC1)N(C)C(=O)Cl. The van der Waals surface area contributed by atoms with Crippen molar-refractivity contribution in [1.82, 2.24) is 4.90 Å². The molecule has 76 valence electrons. The highest BCUT2D eigenvalue weighted by atomic mass is 35.5. The molecule has 0 spiro atoms. The molecule has 0 aromatic carbocycles. The summed E-state index contributed by atoms with van der Waals surface area (Å²) in [6, 6.07) is 0.297.